The molecule has 2 aromatic rings. The molecule has 1 fully saturated rings. The number of nitrogens with zero attached hydrogens (tertiary/aromatic N) is 3. The van der Waals surface area contributed by atoms with E-state index in [9.17, 15) is 9.18 Å². The van der Waals surface area contributed by atoms with Gasteiger partial charge in [0.25, 0.3) is 5.91 Å². The van der Waals surface area contributed by atoms with Gasteiger partial charge in [-0.15, -0.1) is 0 Å². The summed E-state index contributed by atoms with van der Waals surface area (Å²) in [5, 5.41) is 7.46. The Kier molecular flexibility index (Phi) is 3.94. The first-order chi connectivity index (χ1) is 10.6. The zero-order valence-corrected chi connectivity index (χ0v) is 12.7. The molecule has 1 aromatic carbocycles. The number of nitrogens with one attached hydrogen (secondary N) is 1. The van der Waals surface area contributed by atoms with Gasteiger partial charge in [-0.2, -0.15) is 5.10 Å². The van der Waals surface area contributed by atoms with Crippen molar-refractivity contribution in [2.45, 2.75) is 19.9 Å². The molecule has 1 amide bonds. The predicted molar refractivity (Wildman–Crippen MR) is 81.6 cm³/mol. The molecule has 0 spiro atoms. The molecule has 5 nitrogen and oxygen atoms in total. The Balaban J connectivity index is 1.94. The second-order valence-corrected chi connectivity index (χ2v) is 5.56. The Morgan fingerprint density at radius 2 is 2.18 bits per heavy atom. The first-order valence-corrected chi connectivity index (χ1v) is 7.41. The fourth-order valence-corrected chi connectivity index (χ4v) is 2.78. The maximum Gasteiger partial charge on any atom is 0.257 e. The summed E-state index contributed by atoms with van der Waals surface area (Å²) in [6.07, 6.45) is 1.53. The van der Waals surface area contributed by atoms with Gasteiger partial charge in [0.15, 0.2) is 0 Å². The van der Waals surface area contributed by atoms with Crippen LogP contribution in [0.4, 0.5) is 4.39 Å². The maximum atomic E-state index is 13.9. The highest BCUT2D eigenvalue weighted by Gasteiger charge is 2.27. The number of aromatic nitrogens is 2. The Morgan fingerprint density at radius 1 is 1.41 bits per heavy atom. The van der Waals surface area contributed by atoms with Crippen molar-refractivity contribution in [2.24, 2.45) is 0 Å². The number of rotatable bonds is 2. The largest absolute Gasteiger partial charge is 0.333 e. The molecule has 116 valence electrons. The van der Waals surface area contributed by atoms with Crippen LogP contribution in [0.3, 0.4) is 0 Å². The van der Waals surface area contributed by atoms with Crippen molar-refractivity contribution in [1.29, 1.82) is 0 Å². The van der Waals surface area contributed by atoms with E-state index in [1.54, 1.807) is 25.1 Å². The third kappa shape index (κ3) is 2.50. The van der Waals surface area contributed by atoms with E-state index in [-0.39, 0.29) is 17.8 Å². The van der Waals surface area contributed by atoms with Crippen LogP contribution in [0.25, 0.3) is 5.69 Å². The van der Waals surface area contributed by atoms with Gasteiger partial charge in [0.2, 0.25) is 0 Å². The second-order valence-electron chi connectivity index (χ2n) is 5.56. The Bertz CT molecular complexity index is 697. The molecule has 0 radical (unpaired) electrons. The number of hydrogen-bond acceptors (Lipinski definition) is 3. The van der Waals surface area contributed by atoms with E-state index < -0.39 is 0 Å². The number of carbonyl (C=O) groups is 1. The van der Waals surface area contributed by atoms with Gasteiger partial charge in [-0.25, -0.2) is 9.07 Å². The lowest BCUT2D eigenvalue weighted by Crippen LogP contribution is -2.52. The number of hydrogen-bond donors (Lipinski definition) is 1. The van der Waals surface area contributed by atoms with Crippen LogP contribution in [-0.4, -0.2) is 46.3 Å². The molecule has 0 saturated carbocycles. The highest BCUT2D eigenvalue weighted by molar-refractivity contribution is 5.95. The van der Waals surface area contributed by atoms with Gasteiger partial charge < -0.3 is 10.2 Å². The van der Waals surface area contributed by atoms with Crippen LogP contribution in [0.15, 0.2) is 30.5 Å². The summed E-state index contributed by atoms with van der Waals surface area (Å²) in [7, 11) is 0. The molecule has 1 aromatic heterocycles. The molecule has 3 rings (SSSR count). The van der Waals surface area contributed by atoms with Crippen LogP contribution in [0.1, 0.15) is 23.0 Å². The molecule has 2 heterocycles. The second kappa shape index (κ2) is 5.88. The molecule has 1 saturated heterocycles. The third-order valence-corrected chi connectivity index (χ3v) is 4.08. The van der Waals surface area contributed by atoms with E-state index in [1.165, 1.54) is 16.9 Å². The number of carbonyl (C=O) groups excluding carboxylic acids is 1. The maximum absolute atomic E-state index is 13.9. The van der Waals surface area contributed by atoms with E-state index >= 15 is 0 Å². The van der Waals surface area contributed by atoms with Gasteiger partial charge in [0.05, 0.1) is 17.5 Å². The Labute approximate surface area is 128 Å². The number of halogens is 1. The summed E-state index contributed by atoms with van der Waals surface area (Å²) >= 11 is 0. The number of benzene rings is 1. The molecule has 0 bridgehead atoms. The van der Waals surface area contributed by atoms with Crippen LogP contribution in [0, 0.1) is 12.7 Å². The van der Waals surface area contributed by atoms with Gasteiger partial charge in [-0.05, 0) is 26.0 Å². The lowest BCUT2D eigenvalue weighted by molar-refractivity contribution is 0.0655. The minimum Gasteiger partial charge on any atom is -0.333 e. The molecule has 1 N–H and O–H groups in total. The molecule has 22 heavy (non-hydrogen) atoms. The van der Waals surface area contributed by atoms with E-state index in [0.717, 1.165) is 13.1 Å². The zero-order chi connectivity index (χ0) is 15.7. The van der Waals surface area contributed by atoms with Crippen molar-refractivity contribution in [3.63, 3.8) is 0 Å². The zero-order valence-electron chi connectivity index (χ0n) is 12.7. The fourth-order valence-electron chi connectivity index (χ4n) is 2.78. The van der Waals surface area contributed by atoms with Gasteiger partial charge in [0, 0.05) is 25.7 Å². The predicted octanol–water partition coefficient (Wildman–Crippen LogP) is 1.75. The normalized spacial score (nSPS) is 18.5. The lowest BCUT2D eigenvalue weighted by Gasteiger charge is -2.33. The Morgan fingerprint density at radius 3 is 2.91 bits per heavy atom. The number of piperazine rings is 1. The quantitative estimate of drug-likeness (QED) is 0.919. The van der Waals surface area contributed by atoms with E-state index in [1.807, 2.05) is 11.8 Å². The average Bonchev–Trinajstić information content (AvgIpc) is 2.89. The molecular weight excluding hydrogens is 283 g/mol. The van der Waals surface area contributed by atoms with Crippen molar-refractivity contribution in [3.05, 3.63) is 47.5 Å². The van der Waals surface area contributed by atoms with E-state index in [0.29, 0.717) is 23.5 Å². The van der Waals surface area contributed by atoms with Gasteiger partial charge in [-0.1, -0.05) is 12.1 Å². The van der Waals surface area contributed by atoms with Crippen LogP contribution >= 0.6 is 0 Å². The van der Waals surface area contributed by atoms with E-state index in [2.05, 4.69) is 10.4 Å². The van der Waals surface area contributed by atoms with Crippen molar-refractivity contribution >= 4 is 5.91 Å². The summed E-state index contributed by atoms with van der Waals surface area (Å²) in [6, 6.07) is 6.55. The highest BCUT2D eigenvalue weighted by Crippen LogP contribution is 2.19. The molecule has 6 heteroatoms. The van der Waals surface area contributed by atoms with Crippen LogP contribution < -0.4 is 5.32 Å². The molecule has 0 aliphatic carbocycles. The topological polar surface area (TPSA) is 50.2 Å². The molecule has 1 aliphatic heterocycles. The van der Waals surface area contributed by atoms with E-state index in [4.69, 9.17) is 0 Å². The average molecular weight is 302 g/mol. The lowest BCUT2D eigenvalue weighted by atomic mass is 10.1. The summed E-state index contributed by atoms with van der Waals surface area (Å²) in [5.74, 6) is -0.405. The highest BCUT2D eigenvalue weighted by atomic mass is 19.1. The minimum absolute atomic E-state index is 0.0471. The van der Waals surface area contributed by atoms with Crippen molar-refractivity contribution in [3.8, 4) is 5.69 Å². The molecule has 0 unspecified atom stereocenters. The van der Waals surface area contributed by atoms with Crippen molar-refractivity contribution < 1.29 is 9.18 Å². The first kappa shape index (κ1) is 14.7. The van der Waals surface area contributed by atoms with Gasteiger partial charge in [0.1, 0.15) is 11.5 Å². The number of amides is 1. The van der Waals surface area contributed by atoms with Crippen molar-refractivity contribution in [1.82, 2.24) is 20.0 Å². The third-order valence-electron chi connectivity index (χ3n) is 4.08. The van der Waals surface area contributed by atoms with Crippen molar-refractivity contribution in [2.75, 3.05) is 19.6 Å². The van der Waals surface area contributed by atoms with Crippen LogP contribution in [0.2, 0.25) is 0 Å². The Hall–Kier alpha value is -2.21. The first-order valence-electron chi connectivity index (χ1n) is 7.41. The smallest absolute Gasteiger partial charge is 0.257 e. The summed E-state index contributed by atoms with van der Waals surface area (Å²) in [5.41, 5.74) is 1.53. The monoisotopic (exact) mass is 302 g/mol. The summed E-state index contributed by atoms with van der Waals surface area (Å²) in [6.45, 7) is 6.05. The SMILES string of the molecule is Cc1c(C(=O)N2CCNC[C@H]2C)cnn1-c1ccccc1F. The van der Waals surface area contributed by atoms with Gasteiger partial charge in [-0.3, -0.25) is 4.79 Å². The van der Waals surface area contributed by atoms with Gasteiger partial charge >= 0.3 is 0 Å². The van der Waals surface area contributed by atoms with Crippen LogP contribution in [-0.2, 0) is 0 Å². The van der Waals surface area contributed by atoms with Crippen LogP contribution in [0.5, 0.6) is 0 Å². The number of para-hydroxylation sites is 1. The molecule has 1 atom stereocenters. The molecule has 1 aliphatic rings. The minimum atomic E-state index is -0.358. The summed E-state index contributed by atoms with van der Waals surface area (Å²) in [4.78, 5) is 14.6. The molecular formula is C16H19FN4O. The summed E-state index contributed by atoms with van der Waals surface area (Å²) < 4.78 is 15.4. The standard InChI is InChI=1S/C16H19FN4O/c1-11-9-18-7-8-20(11)16(22)13-10-19-21(12(13)2)15-6-4-3-5-14(15)17/h3-6,10-11,18H,7-9H2,1-2H3/t11-/m1/s1. The fraction of sp³-hybridized carbons (Fsp3) is 0.375.